The number of hydrogen-bond acceptors (Lipinski definition) is 3. The third kappa shape index (κ3) is 4.32. The summed E-state index contributed by atoms with van der Waals surface area (Å²) < 4.78 is 0.623. The summed E-state index contributed by atoms with van der Waals surface area (Å²) >= 11 is 0. The number of hydrogen-bond donors (Lipinski definition) is 1. The number of anilines is 1. The molecule has 1 aromatic carbocycles. The number of benzene rings is 1. The van der Waals surface area contributed by atoms with E-state index in [1.165, 1.54) is 30.8 Å². The van der Waals surface area contributed by atoms with Gasteiger partial charge in [-0.1, -0.05) is 19.1 Å². The summed E-state index contributed by atoms with van der Waals surface area (Å²) in [6.07, 6.45) is 5.21. The van der Waals surface area contributed by atoms with Gasteiger partial charge in [0.2, 0.25) is 0 Å². The first-order chi connectivity index (χ1) is 11.6. The van der Waals surface area contributed by atoms with Gasteiger partial charge in [-0.2, -0.15) is 4.73 Å². The number of aromatic nitrogens is 1. The van der Waals surface area contributed by atoms with E-state index in [0.29, 0.717) is 10.3 Å². The smallest absolute Gasteiger partial charge is 0.261 e. The number of nitrogens with one attached hydrogen (secondary N) is 1. The van der Waals surface area contributed by atoms with E-state index in [2.05, 4.69) is 17.1 Å². The molecular weight excluding hydrogens is 302 g/mol. The van der Waals surface area contributed by atoms with Crippen LogP contribution >= 0.6 is 0 Å². The largest absolute Gasteiger partial charge is 0.619 e. The maximum absolute atomic E-state index is 12.1. The molecule has 2 heterocycles. The Labute approximate surface area is 142 Å². The van der Waals surface area contributed by atoms with Gasteiger partial charge in [0, 0.05) is 24.8 Å². The minimum Gasteiger partial charge on any atom is -0.619 e. The molecule has 1 N–H and O–H groups in total. The molecule has 2 aromatic rings. The van der Waals surface area contributed by atoms with Crippen LogP contribution in [0.25, 0.3) is 0 Å². The van der Waals surface area contributed by atoms with Gasteiger partial charge in [0.1, 0.15) is 5.56 Å². The third-order valence-electron chi connectivity index (χ3n) is 4.40. The van der Waals surface area contributed by atoms with Crippen molar-refractivity contribution in [2.45, 2.75) is 26.3 Å². The molecule has 0 aliphatic carbocycles. The Morgan fingerprint density at radius 3 is 2.83 bits per heavy atom. The molecular formula is C19H23N3O2. The van der Waals surface area contributed by atoms with Crippen molar-refractivity contribution in [1.82, 2.24) is 4.90 Å². The van der Waals surface area contributed by atoms with Gasteiger partial charge < -0.3 is 10.5 Å². The fourth-order valence-electron chi connectivity index (χ4n) is 3.17. The van der Waals surface area contributed by atoms with Crippen molar-refractivity contribution >= 4 is 11.6 Å². The van der Waals surface area contributed by atoms with Gasteiger partial charge in [0.05, 0.1) is 0 Å². The number of rotatable bonds is 4. The Morgan fingerprint density at radius 1 is 1.33 bits per heavy atom. The van der Waals surface area contributed by atoms with Crippen LogP contribution in [0.3, 0.4) is 0 Å². The molecule has 5 heteroatoms. The van der Waals surface area contributed by atoms with Crippen LogP contribution in [0.2, 0.25) is 0 Å². The van der Waals surface area contributed by atoms with E-state index in [1.54, 1.807) is 12.1 Å². The molecule has 0 saturated carbocycles. The third-order valence-corrected chi connectivity index (χ3v) is 4.40. The Balaban J connectivity index is 1.59. The van der Waals surface area contributed by atoms with Crippen molar-refractivity contribution in [3.63, 3.8) is 0 Å². The molecule has 1 aromatic heterocycles. The Hall–Kier alpha value is -2.40. The maximum Gasteiger partial charge on any atom is 0.261 e. The average molecular weight is 325 g/mol. The highest BCUT2D eigenvalue weighted by Crippen LogP contribution is 2.19. The lowest BCUT2D eigenvalue weighted by molar-refractivity contribution is -0.605. The van der Waals surface area contributed by atoms with E-state index >= 15 is 0 Å². The summed E-state index contributed by atoms with van der Waals surface area (Å²) in [7, 11) is 0. The van der Waals surface area contributed by atoms with Crippen molar-refractivity contribution in [1.29, 1.82) is 0 Å². The molecule has 24 heavy (non-hydrogen) atoms. The summed E-state index contributed by atoms with van der Waals surface area (Å²) in [6.45, 7) is 5.57. The first-order valence-electron chi connectivity index (χ1n) is 8.41. The monoisotopic (exact) mass is 325 g/mol. The van der Waals surface area contributed by atoms with Gasteiger partial charge in [-0.3, -0.25) is 9.69 Å². The SMILES string of the molecule is CC1CCCN(Cc2ccc(NC(=O)c3ccc[n+]([O-])c3)cc2)C1. The fourth-order valence-corrected chi connectivity index (χ4v) is 3.17. The van der Waals surface area contributed by atoms with Crippen molar-refractivity contribution in [3.05, 3.63) is 65.1 Å². The molecule has 1 fully saturated rings. The second-order valence-electron chi connectivity index (χ2n) is 6.59. The Morgan fingerprint density at radius 2 is 2.12 bits per heavy atom. The topological polar surface area (TPSA) is 59.3 Å². The maximum atomic E-state index is 12.1. The van der Waals surface area contributed by atoms with Crippen LogP contribution in [-0.2, 0) is 6.54 Å². The van der Waals surface area contributed by atoms with Crippen LogP contribution in [0.4, 0.5) is 5.69 Å². The van der Waals surface area contributed by atoms with Crippen LogP contribution in [-0.4, -0.2) is 23.9 Å². The predicted molar refractivity (Wildman–Crippen MR) is 93.5 cm³/mol. The average Bonchev–Trinajstić information content (AvgIpc) is 2.57. The molecule has 0 bridgehead atoms. The van der Waals surface area contributed by atoms with Gasteiger partial charge in [0.25, 0.3) is 5.91 Å². The summed E-state index contributed by atoms with van der Waals surface area (Å²) in [5.41, 5.74) is 2.33. The molecule has 3 rings (SSSR count). The Kier molecular flexibility index (Phi) is 5.11. The van der Waals surface area contributed by atoms with Crippen LogP contribution in [0.5, 0.6) is 0 Å². The zero-order chi connectivity index (χ0) is 16.9. The Bertz CT molecular complexity index is 700. The number of carbonyl (C=O) groups is 1. The number of nitrogens with zero attached hydrogens (tertiary/aromatic N) is 2. The van der Waals surface area contributed by atoms with Crippen molar-refractivity contribution in [3.8, 4) is 0 Å². The zero-order valence-corrected chi connectivity index (χ0v) is 13.9. The molecule has 0 spiro atoms. The van der Waals surface area contributed by atoms with E-state index in [1.807, 2.05) is 24.3 Å². The summed E-state index contributed by atoms with van der Waals surface area (Å²) in [4.78, 5) is 14.6. The molecule has 1 amide bonds. The number of likely N-dealkylation sites (tertiary alicyclic amines) is 1. The second kappa shape index (κ2) is 7.45. The minimum absolute atomic E-state index is 0.280. The van der Waals surface area contributed by atoms with Gasteiger partial charge >= 0.3 is 0 Å². The second-order valence-corrected chi connectivity index (χ2v) is 6.59. The predicted octanol–water partition coefficient (Wildman–Crippen LogP) is 2.80. The van der Waals surface area contributed by atoms with E-state index in [9.17, 15) is 10.0 Å². The molecule has 126 valence electrons. The van der Waals surface area contributed by atoms with Crippen molar-refractivity contribution < 1.29 is 9.52 Å². The zero-order valence-electron chi connectivity index (χ0n) is 13.9. The number of pyridine rings is 1. The van der Waals surface area contributed by atoms with E-state index < -0.39 is 0 Å². The first kappa shape index (κ1) is 16.5. The quantitative estimate of drug-likeness (QED) is 0.694. The van der Waals surface area contributed by atoms with Crippen LogP contribution in [0.15, 0.2) is 48.8 Å². The van der Waals surface area contributed by atoms with E-state index in [4.69, 9.17) is 0 Å². The van der Waals surface area contributed by atoms with Crippen LogP contribution < -0.4 is 10.0 Å². The summed E-state index contributed by atoms with van der Waals surface area (Å²) in [6, 6.07) is 11.1. The lowest BCUT2D eigenvalue weighted by Crippen LogP contribution is -2.33. The molecule has 5 nitrogen and oxygen atoms in total. The van der Waals surface area contributed by atoms with E-state index in [0.717, 1.165) is 31.2 Å². The fraction of sp³-hybridized carbons (Fsp3) is 0.368. The van der Waals surface area contributed by atoms with Gasteiger partial charge in [-0.25, -0.2) is 0 Å². The lowest BCUT2D eigenvalue weighted by atomic mass is 10.00. The molecule has 1 aliphatic heterocycles. The summed E-state index contributed by atoms with van der Waals surface area (Å²) in [5, 5.41) is 14.1. The molecule has 0 radical (unpaired) electrons. The van der Waals surface area contributed by atoms with Gasteiger partial charge in [0.15, 0.2) is 12.4 Å². The normalized spacial score (nSPS) is 18.3. The highest BCUT2D eigenvalue weighted by atomic mass is 16.5. The lowest BCUT2D eigenvalue weighted by Gasteiger charge is -2.30. The van der Waals surface area contributed by atoms with Gasteiger partial charge in [-0.15, -0.1) is 0 Å². The number of piperidine rings is 1. The molecule has 1 unspecified atom stereocenters. The minimum atomic E-state index is -0.280. The van der Waals surface area contributed by atoms with Gasteiger partial charge in [-0.05, 0) is 49.1 Å². The highest BCUT2D eigenvalue weighted by Gasteiger charge is 2.16. The standard InChI is InChI=1S/C19H23N3O2/c1-15-4-2-10-21(12-15)13-16-6-8-18(9-7-16)20-19(23)17-5-3-11-22(24)14-17/h3,5-9,11,14-15H,2,4,10,12-13H2,1H3,(H,20,23). The number of amides is 1. The van der Waals surface area contributed by atoms with Crippen molar-refractivity contribution in [2.24, 2.45) is 5.92 Å². The highest BCUT2D eigenvalue weighted by molar-refractivity contribution is 6.03. The molecule has 1 atom stereocenters. The van der Waals surface area contributed by atoms with E-state index in [-0.39, 0.29) is 5.91 Å². The van der Waals surface area contributed by atoms with Crippen LogP contribution in [0, 0.1) is 11.1 Å². The van der Waals surface area contributed by atoms with Crippen molar-refractivity contribution in [2.75, 3.05) is 18.4 Å². The summed E-state index contributed by atoms with van der Waals surface area (Å²) in [5.74, 6) is 0.491. The molecule has 1 aliphatic rings. The molecule has 1 saturated heterocycles. The first-order valence-corrected chi connectivity index (χ1v) is 8.41. The van der Waals surface area contributed by atoms with Crippen LogP contribution in [0.1, 0.15) is 35.7 Å². The number of carbonyl (C=O) groups excluding carboxylic acids is 1.